The first-order valence-electron chi connectivity index (χ1n) is 13.0. The number of thiazole rings is 1. The van der Waals surface area contributed by atoms with Crippen molar-refractivity contribution in [3.8, 4) is 22.6 Å². The van der Waals surface area contributed by atoms with Crippen LogP contribution in [0, 0.1) is 5.82 Å². The normalized spacial score (nSPS) is 21.4. The Morgan fingerprint density at radius 3 is 2.62 bits per heavy atom. The Bertz CT molecular complexity index is 1680. The van der Waals surface area contributed by atoms with Gasteiger partial charge in [-0.05, 0) is 73.2 Å². The number of fused-ring (bicyclic) bond motifs is 1. The van der Waals surface area contributed by atoms with Crippen molar-refractivity contribution in [2.24, 2.45) is 0 Å². The van der Waals surface area contributed by atoms with E-state index in [1.54, 1.807) is 24.3 Å². The summed E-state index contributed by atoms with van der Waals surface area (Å²) in [5.74, 6) is 1.04. The molecule has 3 aromatic heterocycles. The Labute approximate surface area is 241 Å². The number of aromatic amines is 1. The third kappa shape index (κ3) is 4.69. The minimum absolute atomic E-state index is 0.0755. The molecular weight excluding hydrogens is 578 g/mol. The number of halogens is 3. The fraction of sp³-hybridized carbons (Fsp3) is 0.370. The van der Waals surface area contributed by atoms with Gasteiger partial charge in [-0.2, -0.15) is 0 Å². The summed E-state index contributed by atoms with van der Waals surface area (Å²) in [5, 5.41) is 31.0. The van der Waals surface area contributed by atoms with Gasteiger partial charge in [-0.3, -0.25) is 0 Å². The molecule has 3 heterocycles. The van der Waals surface area contributed by atoms with Crippen molar-refractivity contribution in [1.29, 1.82) is 0 Å². The SMILES string of the molecule is O[C@]1(c2nc3c(F)cc(-c4nnn[nH]4)cc3s2)CC[C@@H](OCc2c(-c3c(Cl)cccc3Cl)noc2C2CC2)CC1. The number of hydrogen-bond acceptors (Lipinski definition) is 9. The number of nitrogens with zero attached hydrogens (tertiary/aromatic N) is 5. The van der Waals surface area contributed by atoms with E-state index in [0.717, 1.165) is 24.2 Å². The second-order valence-corrected chi connectivity index (χ2v) is 12.2. The van der Waals surface area contributed by atoms with Crippen molar-refractivity contribution in [3.63, 3.8) is 0 Å². The number of H-pyrrole nitrogens is 1. The monoisotopic (exact) mass is 600 g/mol. The molecule has 0 bridgehead atoms. The molecule has 0 saturated heterocycles. The first kappa shape index (κ1) is 26.0. The van der Waals surface area contributed by atoms with Crippen LogP contribution >= 0.6 is 34.5 Å². The number of benzene rings is 2. The molecule has 2 aliphatic rings. The van der Waals surface area contributed by atoms with E-state index in [4.69, 9.17) is 32.5 Å². The highest BCUT2D eigenvalue weighted by Crippen LogP contribution is 2.47. The molecule has 2 aliphatic carbocycles. The van der Waals surface area contributed by atoms with Gasteiger partial charge in [0, 0.05) is 22.6 Å². The zero-order chi connectivity index (χ0) is 27.4. The van der Waals surface area contributed by atoms with Crippen molar-refractivity contribution in [3.05, 3.63) is 62.5 Å². The summed E-state index contributed by atoms with van der Waals surface area (Å²) in [5.41, 5.74) is 1.72. The lowest BCUT2D eigenvalue weighted by Crippen LogP contribution is -2.34. The van der Waals surface area contributed by atoms with Gasteiger partial charge >= 0.3 is 0 Å². The second-order valence-electron chi connectivity index (χ2n) is 10.4. The maximum Gasteiger partial charge on any atom is 0.179 e. The molecule has 5 aromatic rings. The molecule has 13 heteroatoms. The molecule has 206 valence electrons. The molecule has 2 fully saturated rings. The quantitative estimate of drug-likeness (QED) is 0.209. The van der Waals surface area contributed by atoms with Crippen molar-refractivity contribution in [2.75, 3.05) is 0 Å². The van der Waals surface area contributed by atoms with Crippen molar-refractivity contribution >= 4 is 44.8 Å². The van der Waals surface area contributed by atoms with Crippen LogP contribution in [-0.2, 0) is 16.9 Å². The number of aromatic nitrogens is 6. The highest BCUT2D eigenvalue weighted by atomic mass is 35.5. The largest absolute Gasteiger partial charge is 0.383 e. The first-order chi connectivity index (χ1) is 19.4. The van der Waals surface area contributed by atoms with Crippen molar-refractivity contribution in [2.45, 2.75) is 62.8 Å². The Morgan fingerprint density at radius 2 is 1.93 bits per heavy atom. The molecule has 0 atom stereocenters. The lowest BCUT2D eigenvalue weighted by molar-refractivity contribution is -0.0641. The van der Waals surface area contributed by atoms with Gasteiger partial charge in [0.2, 0.25) is 0 Å². The van der Waals surface area contributed by atoms with E-state index in [-0.39, 0.29) is 11.6 Å². The Hall–Kier alpha value is -2.96. The summed E-state index contributed by atoms with van der Waals surface area (Å²) < 4.78 is 27.6. The smallest absolute Gasteiger partial charge is 0.179 e. The summed E-state index contributed by atoms with van der Waals surface area (Å²) in [6, 6.07) is 8.47. The minimum Gasteiger partial charge on any atom is -0.383 e. The van der Waals surface area contributed by atoms with Gasteiger partial charge in [0.1, 0.15) is 27.6 Å². The summed E-state index contributed by atoms with van der Waals surface area (Å²) in [4.78, 5) is 4.49. The van der Waals surface area contributed by atoms with Crippen LogP contribution in [-0.4, -0.2) is 42.0 Å². The predicted octanol–water partition coefficient (Wildman–Crippen LogP) is 6.80. The number of tetrazole rings is 1. The second kappa shape index (κ2) is 10.1. The number of ether oxygens (including phenoxy) is 1. The molecule has 0 unspecified atom stereocenters. The maximum atomic E-state index is 14.9. The molecule has 0 amide bonds. The Morgan fingerprint density at radius 1 is 1.15 bits per heavy atom. The van der Waals surface area contributed by atoms with Crippen LogP contribution in [0.1, 0.15) is 60.8 Å². The van der Waals surface area contributed by atoms with E-state index in [2.05, 4.69) is 30.8 Å². The molecule has 7 rings (SSSR count). The fourth-order valence-corrected chi connectivity index (χ4v) is 7.05. The van der Waals surface area contributed by atoms with Gasteiger partial charge < -0.3 is 14.4 Å². The van der Waals surface area contributed by atoms with Crippen LogP contribution in [0.25, 0.3) is 32.9 Å². The number of rotatable bonds is 7. The molecular formula is C27H23Cl2FN6O3S. The van der Waals surface area contributed by atoms with Gasteiger partial charge in [-0.15, -0.1) is 16.4 Å². The average Bonchev–Trinajstić information content (AvgIpc) is 3.31. The van der Waals surface area contributed by atoms with Crippen molar-refractivity contribution < 1.29 is 18.8 Å². The highest BCUT2D eigenvalue weighted by Gasteiger charge is 2.39. The van der Waals surface area contributed by atoms with Crippen LogP contribution in [0.4, 0.5) is 4.39 Å². The van der Waals surface area contributed by atoms with E-state index in [0.29, 0.717) is 80.6 Å². The molecule has 40 heavy (non-hydrogen) atoms. The Balaban J connectivity index is 1.07. The van der Waals surface area contributed by atoms with Gasteiger partial charge in [0.15, 0.2) is 11.6 Å². The van der Waals surface area contributed by atoms with E-state index in [9.17, 15) is 9.50 Å². The third-order valence-electron chi connectivity index (χ3n) is 7.65. The van der Waals surface area contributed by atoms with E-state index in [1.165, 1.54) is 17.4 Å². The molecule has 0 radical (unpaired) electrons. The minimum atomic E-state index is -1.16. The van der Waals surface area contributed by atoms with Gasteiger partial charge in [0.25, 0.3) is 0 Å². The van der Waals surface area contributed by atoms with Crippen LogP contribution in [0.15, 0.2) is 34.9 Å². The van der Waals surface area contributed by atoms with Gasteiger partial charge in [0.05, 0.1) is 27.5 Å². The van der Waals surface area contributed by atoms with Crippen molar-refractivity contribution in [1.82, 2.24) is 30.8 Å². The molecule has 0 aliphatic heterocycles. The molecule has 2 N–H and O–H groups in total. The van der Waals surface area contributed by atoms with Gasteiger partial charge in [-0.25, -0.2) is 14.5 Å². The molecule has 9 nitrogen and oxygen atoms in total. The average molecular weight is 601 g/mol. The summed E-state index contributed by atoms with van der Waals surface area (Å²) in [6.07, 6.45) is 4.16. The lowest BCUT2D eigenvalue weighted by atomic mass is 9.83. The topological polar surface area (TPSA) is 123 Å². The van der Waals surface area contributed by atoms with Crippen LogP contribution in [0.5, 0.6) is 0 Å². The summed E-state index contributed by atoms with van der Waals surface area (Å²) in [7, 11) is 0. The third-order valence-corrected chi connectivity index (χ3v) is 9.48. The van der Waals surface area contributed by atoms with Crippen LogP contribution in [0.2, 0.25) is 10.0 Å². The van der Waals surface area contributed by atoms with E-state index in [1.807, 2.05) is 0 Å². The Kier molecular flexibility index (Phi) is 6.59. The highest BCUT2D eigenvalue weighted by molar-refractivity contribution is 7.18. The van der Waals surface area contributed by atoms with Crippen LogP contribution in [0.3, 0.4) is 0 Å². The number of aliphatic hydroxyl groups is 1. The molecule has 2 aromatic carbocycles. The van der Waals surface area contributed by atoms with Crippen LogP contribution < -0.4 is 0 Å². The number of hydrogen-bond donors (Lipinski definition) is 2. The zero-order valence-corrected chi connectivity index (χ0v) is 23.4. The maximum absolute atomic E-state index is 14.9. The summed E-state index contributed by atoms with van der Waals surface area (Å²) in [6.45, 7) is 0.306. The summed E-state index contributed by atoms with van der Waals surface area (Å²) >= 11 is 14.2. The molecule has 2 saturated carbocycles. The number of nitrogens with one attached hydrogen (secondary N) is 1. The van der Waals surface area contributed by atoms with E-state index < -0.39 is 11.4 Å². The predicted molar refractivity (Wildman–Crippen MR) is 148 cm³/mol. The van der Waals surface area contributed by atoms with Gasteiger partial charge in [-0.1, -0.05) is 34.4 Å². The lowest BCUT2D eigenvalue weighted by Gasteiger charge is -2.34. The fourth-order valence-electron chi connectivity index (χ4n) is 5.30. The first-order valence-corrected chi connectivity index (χ1v) is 14.6. The van der Waals surface area contributed by atoms with E-state index >= 15 is 0 Å². The zero-order valence-electron chi connectivity index (χ0n) is 21.0. The molecule has 0 spiro atoms. The standard InChI is InChI=1S/C27H23Cl2FN6O3S/c28-17-2-1-3-18(29)21(17)22-16(24(39-34-22)13-4-5-13)12-38-15-6-8-27(37,9-7-15)26-31-23-19(30)10-14(11-20(23)40-26)25-32-35-36-33-25/h1-3,10-11,13,15,37H,4-9,12H2,(H,32,33,35,36)/t15-,27-.